The second kappa shape index (κ2) is 12.5. The van der Waals surface area contributed by atoms with Crippen molar-refractivity contribution in [1.29, 1.82) is 0 Å². The van der Waals surface area contributed by atoms with E-state index in [1.807, 2.05) is 11.0 Å². The van der Waals surface area contributed by atoms with Crippen molar-refractivity contribution in [3.8, 4) is 11.5 Å². The van der Waals surface area contributed by atoms with E-state index in [1.54, 1.807) is 12.1 Å². The van der Waals surface area contributed by atoms with Crippen molar-refractivity contribution >= 4 is 17.8 Å². The van der Waals surface area contributed by atoms with E-state index in [0.29, 0.717) is 29.5 Å². The fraction of sp³-hybridized carbons (Fsp3) is 0.500. The molecule has 2 saturated carbocycles. The first kappa shape index (κ1) is 30.2. The molecule has 0 bridgehead atoms. The number of ether oxygens (including phenoxy) is 1. The van der Waals surface area contributed by atoms with E-state index in [-0.39, 0.29) is 23.8 Å². The predicted octanol–water partition coefficient (Wildman–Crippen LogP) is 5.20. The number of amides is 1. The molecule has 230 valence electrons. The largest absolute Gasteiger partial charge is 0.415 e. The van der Waals surface area contributed by atoms with Gasteiger partial charge in [0, 0.05) is 29.6 Å². The van der Waals surface area contributed by atoms with Crippen LogP contribution in [0.25, 0.3) is 11.5 Å². The molecule has 3 aromatic rings. The summed E-state index contributed by atoms with van der Waals surface area (Å²) in [7, 11) is 0. The molecule has 6 rings (SSSR count). The second-order valence-electron chi connectivity index (χ2n) is 10.1. The minimum absolute atomic E-state index is 0.0195. The number of hydrogen-bond acceptors (Lipinski definition) is 10. The summed E-state index contributed by atoms with van der Waals surface area (Å²) in [5.41, 5.74) is 1.87. The number of halogens is 6. The van der Waals surface area contributed by atoms with Crippen LogP contribution in [0.1, 0.15) is 90.3 Å². The van der Waals surface area contributed by atoms with Gasteiger partial charge in [-0.05, 0) is 43.4 Å². The third-order valence-corrected chi connectivity index (χ3v) is 7.22. The van der Waals surface area contributed by atoms with Gasteiger partial charge in [-0.15, -0.1) is 10.2 Å². The SMILES string of the molecule is O=C(OC(=O)C(F)F)C(F)F.O=C1c2cc(-c3nnc(C(F)F)o3)ccc2CN1C1CCCCC1c1nc(C2CC2)no1. The van der Waals surface area contributed by atoms with Gasteiger partial charge in [0.25, 0.3) is 11.8 Å². The first-order valence-corrected chi connectivity index (χ1v) is 13.2. The van der Waals surface area contributed by atoms with Crippen LogP contribution in [-0.4, -0.2) is 62.0 Å². The smallest absolute Gasteiger partial charge is 0.381 e. The van der Waals surface area contributed by atoms with Crippen LogP contribution in [0.15, 0.2) is 27.1 Å². The summed E-state index contributed by atoms with van der Waals surface area (Å²) in [5, 5.41) is 11.2. The number of alkyl halides is 6. The van der Waals surface area contributed by atoms with Crippen molar-refractivity contribution in [2.45, 2.75) is 82.2 Å². The average Bonchev–Trinajstić information content (AvgIpc) is 3.37. The summed E-state index contributed by atoms with van der Waals surface area (Å²) in [4.78, 5) is 39.4. The molecular weight excluding hydrogens is 592 g/mol. The molecule has 11 nitrogen and oxygen atoms in total. The van der Waals surface area contributed by atoms with Crippen LogP contribution >= 0.6 is 0 Å². The molecular formula is C26H23F6N5O6. The first-order chi connectivity index (χ1) is 20.5. The Hall–Kier alpha value is -4.31. The van der Waals surface area contributed by atoms with Gasteiger partial charge in [0.1, 0.15) is 0 Å². The number of nitrogens with zero attached hydrogens (tertiary/aromatic N) is 5. The van der Waals surface area contributed by atoms with Crippen LogP contribution in [0, 0.1) is 0 Å². The van der Waals surface area contributed by atoms with Crippen molar-refractivity contribution in [1.82, 2.24) is 25.2 Å². The zero-order valence-electron chi connectivity index (χ0n) is 22.1. The van der Waals surface area contributed by atoms with Crippen LogP contribution in [0.4, 0.5) is 26.3 Å². The van der Waals surface area contributed by atoms with E-state index >= 15 is 0 Å². The molecule has 3 aliphatic rings. The number of fused-ring (bicyclic) bond motifs is 1. The normalized spacial score (nSPS) is 19.9. The highest BCUT2D eigenvalue weighted by atomic mass is 19.3. The summed E-state index contributed by atoms with van der Waals surface area (Å²) in [5.74, 6) is -3.53. The topological polar surface area (TPSA) is 142 Å². The Morgan fingerprint density at radius 1 is 0.953 bits per heavy atom. The van der Waals surface area contributed by atoms with Gasteiger partial charge in [-0.25, -0.2) is 9.59 Å². The van der Waals surface area contributed by atoms with Crippen molar-refractivity contribution in [3.05, 3.63) is 46.9 Å². The van der Waals surface area contributed by atoms with Crippen LogP contribution in [0.3, 0.4) is 0 Å². The molecule has 2 unspecified atom stereocenters. The van der Waals surface area contributed by atoms with Gasteiger partial charge < -0.3 is 18.6 Å². The maximum atomic E-state index is 13.4. The van der Waals surface area contributed by atoms with Crippen LogP contribution < -0.4 is 0 Å². The van der Waals surface area contributed by atoms with Crippen LogP contribution in [0.2, 0.25) is 0 Å². The number of esters is 2. The zero-order chi connectivity index (χ0) is 30.8. The Kier molecular flexibility index (Phi) is 8.77. The van der Waals surface area contributed by atoms with Gasteiger partial charge in [-0.3, -0.25) is 4.79 Å². The number of hydrogen-bond donors (Lipinski definition) is 0. The lowest BCUT2D eigenvalue weighted by atomic mass is 9.83. The van der Waals surface area contributed by atoms with Gasteiger partial charge in [-0.1, -0.05) is 24.1 Å². The number of benzene rings is 1. The minimum atomic E-state index is -3.57. The quantitative estimate of drug-likeness (QED) is 0.198. The minimum Gasteiger partial charge on any atom is -0.415 e. The summed E-state index contributed by atoms with van der Waals surface area (Å²) in [6.45, 7) is 0.491. The van der Waals surface area contributed by atoms with Gasteiger partial charge >= 0.3 is 31.2 Å². The summed E-state index contributed by atoms with van der Waals surface area (Å²) >= 11 is 0. The zero-order valence-corrected chi connectivity index (χ0v) is 22.1. The Morgan fingerprint density at radius 2 is 1.65 bits per heavy atom. The van der Waals surface area contributed by atoms with Crippen LogP contribution in [-0.2, 0) is 20.9 Å². The van der Waals surface area contributed by atoms with E-state index in [1.165, 1.54) is 0 Å². The third-order valence-electron chi connectivity index (χ3n) is 7.22. The average molecular weight is 615 g/mol. The summed E-state index contributed by atoms with van der Waals surface area (Å²) in [6, 6.07) is 5.17. The fourth-order valence-electron chi connectivity index (χ4n) is 5.03. The van der Waals surface area contributed by atoms with E-state index in [0.717, 1.165) is 49.9 Å². The van der Waals surface area contributed by atoms with E-state index in [4.69, 9.17) is 8.94 Å². The number of rotatable bonds is 7. The van der Waals surface area contributed by atoms with Crippen molar-refractivity contribution in [3.63, 3.8) is 0 Å². The Morgan fingerprint density at radius 3 is 2.28 bits per heavy atom. The lowest BCUT2D eigenvalue weighted by Crippen LogP contribution is -2.41. The highest BCUT2D eigenvalue weighted by Crippen LogP contribution is 2.42. The second-order valence-corrected chi connectivity index (χ2v) is 10.1. The molecule has 0 saturated heterocycles. The molecule has 17 heteroatoms. The molecule has 2 fully saturated rings. The molecule has 0 radical (unpaired) electrons. The van der Waals surface area contributed by atoms with Gasteiger partial charge in [0.15, 0.2) is 5.82 Å². The molecule has 3 heterocycles. The molecule has 1 aliphatic heterocycles. The maximum Gasteiger partial charge on any atom is 0.381 e. The highest BCUT2D eigenvalue weighted by Gasteiger charge is 2.41. The van der Waals surface area contributed by atoms with Crippen LogP contribution in [0.5, 0.6) is 0 Å². The van der Waals surface area contributed by atoms with Crippen molar-refractivity contribution < 1.29 is 54.4 Å². The summed E-state index contributed by atoms with van der Waals surface area (Å²) in [6.07, 6.45) is -3.89. The Balaban J connectivity index is 0.000000288. The van der Waals surface area contributed by atoms with Crippen molar-refractivity contribution in [2.75, 3.05) is 0 Å². The highest BCUT2D eigenvalue weighted by molar-refractivity contribution is 5.99. The lowest BCUT2D eigenvalue weighted by Gasteiger charge is -2.36. The van der Waals surface area contributed by atoms with E-state index in [2.05, 4.69) is 25.1 Å². The van der Waals surface area contributed by atoms with Gasteiger partial charge in [-0.2, -0.15) is 31.3 Å². The standard InChI is InChI=1S/C22H21F2N5O3.C4H2F4O3/c23-17(24)21-27-26-19(31-21)12-7-8-13-10-29(22(30)15(13)9-12)16-4-2-1-3-14(16)20-25-18(28-32-20)11-5-6-11;5-1(6)3(9)11-4(10)2(7)8/h7-9,11,14,16-17H,1-6,10H2;1-2H. The third kappa shape index (κ3) is 6.69. The molecule has 1 aromatic carbocycles. The maximum absolute atomic E-state index is 13.4. The number of aromatic nitrogens is 4. The predicted molar refractivity (Wildman–Crippen MR) is 129 cm³/mol. The first-order valence-electron chi connectivity index (χ1n) is 13.2. The fourth-order valence-corrected chi connectivity index (χ4v) is 5.03. The monoisotopic (exact) mass is 615 g/mol. The van der Waals surface area contributed by atoms with E-state index in [9.17, 15) is 40.7 Å². The molecule has 0 N–H and O–H groups in total. The molecule has 2 aromatic heterocycles. The molecule has 2 aliphatic carbocycles. The van der Waals surface area contributed by atoms with E-state index < -0.39 is 37.1 Å². The lowest BCUT2D eigenvalue weighted by molar-refractivity contribution is -0.174. The number of carbonyl (C=O) groups is 3. The van der Waals surface area contributed by atoms with Gasteiger partial charge in [0.05, 0.1) is 5.92 Å². The Bertz CT molecular complexity index is 1470. The molecule has 0 spiro atoms. The molecule has 43 heavy (non-hydrogen) atoms. The Labute approximate surface area is 238 Å². The summed E-state index contributed by atoms with van der Waals surface area (Å²) < 4.78 is 84.0. The molecule has 2 atom stereocenters. The molecule has 1 amide bonds. The van der Waals surface area contributed by atoms with Crippen molar-refractivity contribution in [2.24, 2.45) is 0 Å². The van der Waals surface area contributed by atoms with Gasteiger partial charge in [0.2, 0.25) is 11.8 Å². The number of carbonyl (C=O) groups excluding carboxylic acids is 3.